The number of nitrogens with zero attached hydrogens (tertiary/aromatic N) is 3. The Morgan fingerprint density at radius 3 is 2.67 bits per heavy atom. The first-order valence-corrected chi connectivity index (χ1v) is 9.04. The van der Waals surface area contributed by atoms with Crippen molar-refractivity contribution in [2.24, 2.45) is 0 Å². The van der Waals surface area contributed by atoms with Crippen molar-refractivity contribution in [3.8, 4) is 0 Å². The number of hydrogen-bond acceptors (Lipinski definition) is 5. The number of aromatic nitrogens is 2. The minimum absolute atomic E-state index is 0.0611. The van der Waals surface area contributed by atoms with E-state index in [2.05, 4.69) is 9.97 Å². The van der Waals surface area contributed by atoms with Gasteiger partial charge in [-0.3, -0.25) is 4.90 Å². The maximum Gasteiger partial charge on any atom is 0.246 e. The molecule has 1 aliphatic rings. The second-order valence-electron chi connectivity index (χ2n) is 5.69. The van der Waals surface area contributed by atoms with Gasteiger partial charge in [0.05, 0.1) is 5.69 Å². The van der Waals surface area contributed by atoms with Gasteiger partial charge < -0.3 is 0 Å². The van der Waals surface area contributed by atoms with E-state index in [1.807, 2.05) is 4.90 Å². The zero-order chi connectivity index (χ0) is 17.5. The Labute approximate surface area is 137 Å². The van der Waals surface area contributed by atoms with E-state index in [0.29, 0.717) is 25.2 Å². The maximum absolute atomic E-state index is 13.8. The van der Waals surface area contributed by atoms with E-state index in [4.69, 9.17) is 0 Å². The van der Waals surface area contributed by atoms with Crippen molar-refractivity contribution < 1.29 is 21.6 Å². The van der Waals surface area contributed by atoms with Crippen LogP contribution in [-0.4, -0.2) is 36.1 Å². The molecule has 5 nitrogen and oxygen atoms in total. The van der Waals surface area contributed by atoms with Crippen LogP contribution in [0.4, 0.5) is 13.2 Å². The highest BCUT2D eigenvalue weighted by Gasteiger charge is 2.22. The highest BCUT2D eigenvalue weighted by molar-refractivity contribution is 7.90. The molecule has 0 fully saturated rings. The molecule has 0 aliphatic carbocycles. The van der Waals surface area contributed by atoms with E-state index in [-0.39, 0.29) is 17.3 Å². The summed E-state index contributed by atoms with van der Waals surface area (Å²) in [5.74, 6) is -3.89. The van der Waals surface area contributed by atoms with Gasteiger partial charge in [0.15, 0.2) is 17.5 Å². The van der Waals surface area contributed by atoms with Gasteiger partial charge in [-0.25, -0.2) is 31.6 Å². The summed E-state index contributed by atoms with van der Waals surface area (Å²) in [5.41, 5.74) is 1.43. The first-order chi connectivity index (χ1) is 11.3. The highest BCUT2D eigenvalue weighted by Crippen LogP contribution is 2.22. The molecule has 1 aromatic heterocycles. The van der Waals surface area contributed by atoms with E-state index in [0.717, 1.165) is 17.9 Å². The van der Waals surface area contributed by atoms with E-state index in [1.165, 1.54) is 12.3 Å². The van der Waals surface area contributed by atoms with Gasteiger partial charge in [-0.1, -0.05) is 6.07 Å². The number of hydrogen-bond donors (Lipinski definition) is 0. The SMILES string of the molecule is CS(=O)(=O)c1ncc2c(n1)CCN(Cc1ccc(F)c(F)c1F)C2. The Balaban J connectivity index is 1.80. The molecule has 1 aromatic carbocycles. The fourth-order valence-corrected chi connectivity index (χ4v) is 3.12. The standard InChI is InChI=1S/C15H14F3N3O2S/c1-24(22,23)15-19-6-10-8-21(5-4-12(10)20-15)7-9-2-3-11(16)14(18)13(9)17/h2-3,6H,4-5,7-8H2,1H3. The van der Waals surface area contributed by atoms with Crippen molar-refractivity contribution >= 4 is 9.84 Å². The van der Waals surface area contributed by atoms with Crippen LogP contribution in [0.25, 0.3) is 0 Å². The lowest BCUT2D eigenvalue weighted by atomic mass is 10.1. The number of halogens is 3. The number of sulfone groups is 1. The summed E-state index contributed by atoms with van der Waals surface area (Å²) in [4.78, 5) is 9.73. The summed E-state index contributed by atoms with van der Waals surface area (Å²) >= 11 is 0. The lowest BCUT2D eigenvalue weighted by Crippen LogP contribution is -2.31. The third-order valence-electron chi connectivity index (χ3n) is 3.83. The van der Waals surface area contributed by atoms with Crippen molar-refractivity contribution in [1.82, 2.24) is 14.9 Å². The molecule has 0 spiro atoms. The summed E-state index contributed by atoms with van der Waals surface area (Å²) in [6, 6.07) is 2.11. The van der Waals surface area contributed by atoms with Gasteiger partial charge in [0.2, 0.25) is 15.0 Å². The lowest BCUT2D eigenvalue weighted by molar-refractivity contribution is 0.237. The van der Waals surface area contributed by atoms with Gasteiger partial charge in [0.25, 0.3) is 0 Å². The smallest absolute Gasteiger partial charge is 0.246 e. The van der Waals surface area contributed by atoms with Gasteiger partial charge in [0.1, 0.15) is 0 Å². The van der Waals surface area contributed by atoms with E-state index in [1.54, 1.807) is 0 Å². The molecule has 0 atom stereocenters. The molecule has 9 heteroatoms. The van der Waals surface area contributed by atoms with Crippen LogP contribution in [0.2, 0.25) is 0 Å². The first kappa shape index (κ1) is 16.8. The zero-order valence-electron chi connectivity index (χ0n) is 12.8. The molecule has 0 bridgehead atoms. The van der Waals surface area contributed by atoms with Crippen molar-refractivity contribution in [3.05, 3.63) is 52.6 Å². The van der Waals surface area contributed by atoms with Crippen molar-refractivity contribution in [2.45, 2.75) is 24.7 Å². The normalized spacial score (nSPS) is 15.3. The summed E-state index contributed by atoms with van der Waals surface area (Å²) < 4.78 is 63.0. The summed E-state index contributed by atoms with van der Waals surface area (Å²) in [6.45, 7) is 0.972. The van der Waals surface area contributed by atoms with Crippen LogP contribution in [0, 0.1) is 17.5 Å². The molecule has 0 N–H and O–H groups in total. The molecule has 0 saturated heterocycles. The summed E-state index contributed by atoms with van der Waals surface area (Å²) in [6.07, 6.45) is 2.94. The Bertz CT molecular complexity index is 903. The first-order valence-electron chi connectivity index (χ1n) is 7.15. The Kier molecular flexibility index (Phi) is 4.31. The molecule has 0 saturated carbocycles. The molecule has 128 valence electrons. The van der Waals surface area contributed by atoms with Crippen LogP contribution in [0.3, 0.4) is 0 Å². The minimum atomic E-state index is -3.48. The molecule has 24 heavy (non-hydrogen) atoms. The van der Waals surface area contributed by atoms with Crippen LogP contribution in [-0.2, 0) is 29.3 Å². The minimum Gasteiger partial charge on any atom is -0.294 e. The Morgan fingerprint density at radius 1 is 1.21 bits per heavy atom. The maximum atomic E-state index is 13.8. The van der Waals surface area contributed by atoms with Crippen LogP contribution in [0.15, 0.2) is 23.5 Å². The number of benzene rings is 1. The van der Waals surface area contributed by atoms with Gasteiger partial charge in [-0.05, 0) is 6.07 Å². The van der Waals surface area contributed by atoms with Gasteiger partial charge in [-0.2, -0.15) is 0 Å². The largest absolute Gasteiger partial charge is 0.294 e. The second kappa shape index (κ2) is 6.14. The molecule has 0 amide bonds. The van der Waals surface area contributed by atoms with Crippen LogP contribution in [0.5, 0.6) is 0 Å². The Hall–Kier alpha value is -2.00. The van der Waals surface area contributed by atoms with Crippen LogP contribution >= 0.6 is 0 Å². The molecule has 0 radical (unpaired) electrons. The molecule has 2 heterocycles. The summed E-state index contributed by atoms with van der Waals surface area (Å²) in [5, 5.41) is -0.221. The van der Waals surface area contributed by atoms with Crippen LogP contribution in [0.1, 0.15) is 16.8 Å². The lowest BCUT2D eigenvalue weighted by Gasteiger charge is -2.28. The Morgan fingerprint density at radius 2 is 1.96 bits per heavy atom. The molecular weight excluding hydrogens is 343 g/mol. The fourth-order valence-electron chi connectivity index (χ4n) is 2.60. The molecule has 3 rings (SSSR count). The van der Waals surface area contributed by atoms with Crippen molar-refractivity contribution in [3.63, 3.8) is 0 Å². The average molecular weight is 357 g/mol. The fraction of sp³-hybridized carbons (Fsp3) is 0.333. The second-order valence-corrected chi connectivity index (χ2v) is 7.60. The van der Waals surface area contributed by atoms with Crippen molar-refractivity contribution in [2.75, 3.05) is 12.8 Å². The third kappa shape index (κ3) is 3.27. The average Bonchev–Trinajstić information content (AvgIpc) is 2.54. The predicted octanol–water partition coefficient (Wildman–Crippen LogP) is 1.86. The molecule has 0 unspecified atom stereocenters. The van der Waals surface area contributed by atoms with E-state index in [9.17, 15) is 21.6 Å². The number of fused-ring (bicyclic) bond motifs is 1. The number of rotatable bonds is 3. The van der Waals surface area contributed by atoms with Gasteiger partial charge in [-0.15, -0.1) is 0 Å². The van der Waals surface area contributed by atoms with E-state index < -0.39 is 27.3 Å². The van der Waals surface area contributed by atoms with Gasteiger partial charge in [0, 0.05) is 49.6 Å². The topological polar surface area (TPSA) is 63.2 Å². The molecular formula is C15H14F3N3O2S. The quantitative estimate of drug-likeness (QED) is 0.620. The van der Waals surface area contributed by atoms with Crippen LogP contribution < -0.4 is 0 Å². The van der Waals surface area contributed by atoms with Gasteiger partial charge >= 0.3 is 0 Å². The summed E-state index contributed by atoms with van der Waals surface area (Å²) in [7, 11) is -3.48. The molecule has 2 aromatic rings. The monoisotopic (exact) mass is 357 g/mol. The highest BCUT2D eigenvalue weighted by atomic mass is 32.2. The third-order valence-corrected chi connectivity index (χ3v) is 4.69. The molecule has 1 aliphatic heterocycles. The predicted molar refractivity (Wildman–Crippen MR) is 79.3 cm³/mol. The van der Waals surface area contributed by atoms with E-state index >= 15 is 0 Å². The van der Waals surface area contributed by atoms with Crippen molar-refractivity contribution in [1.29, 1.82) is 0 Å². The zero-order valence-corrected chi connectivity index (χ0v) is 13.6.